The first-order valence-corrected chi connectivity index (χ1v) is 26.4. The number of allylic oxidation sites excluding steroid dienone is 1. The van der Waals surface area contributed by atoms with Crippen molar-refractivity contribution in [3.05, 3.63) is 120 Å². The number of aromatic hydroxyl groups is 2. The molecule has 12 rings (SSSR count). The van der Waals surface area contributed by atoms with Gasteiger partial charge in [0.1, 0.15) is 63.9 Å². The maximum atomic E-state index is 15.1. The molecule has 5 aromatic rings. The number of benzene rings is 2. The number of ether oxygens (including phenoxy) is 2. The highest BCUT2D eigenvalue weighted by Gasteiger charge is 2.61. The number of nitrogen functional groups attached to an aromatic ring is 1. The van der Waals surface area contributed by atoms with Crippen LogP contribution in [0.1, 0.15) is 159 Å². The quantitative estimate of drug-likeness (QED) is 0.0650. The molecule has 8 atom stereocenters. The standard InChI is InChI=1S/C58H66N4O10/c1-4-41(58(69)18-7-8-19-58)55(68)71-44-24-39-50(67)47-43(66)23-33(27-63)70-52(47)48-45-37-15-20-60-53(59)46(37)49(57(16-5-6-17-57)25-30-10-11-32(65)22-38(30)40(45)28-64)36-14-13-34-31(21-42(36)56(44,3)72-51(39)48)26-61-54-35(34)12-9-29(2)62-54/h4,10-11,15,20,22-23,26,29,36,40,42,44-45,49,63-65,67,69H,5-9,12-14,16-19,21,24-25,27-28H2,1-3H3,(H2,59,60)(H,61,62). The Morgan fingerprint density at radius 3 is 2.46 bits per heavy atom. The first-order valence-electron chi connectivity index (χ1n) is 26.4. The van der Waals surface area contributed by atoms with Gasteiger partial charge in [-0.05, 0) is 154 Å². The number of phenolic OH excluding ortho intramolecular Hbond substituents is 2. The molecule has 7 aliphatic rings. The maximum Gasteiger partial charge on any atom is 0.337 e. The average Bonchev–Trinajstić information content (AvgIpc) is 3.98. The number of aromatic nitrogens is 2. The van der Waals surface area contributed by atoms with Gasteiger partial charge in [0.05, 0.1) is 17.8 Å². The molecule has 0 radical (unpaired) electrons. The van der Waals surface area contributed by atoms with Gasteiger partial charge in [0.15, 0.2) is 5.43 Å². The molecule has 2 saturated carbocycles. The number of nitrogens with zero attached hydrogens (tertiary/aromatic N) is 2. The summed E-state index contributed by atoms with van der Waals surface area (Å²) in [5.74, 6) is -2.22. The predicted octanol–water partition coefficient (Wildman–Crippen LogP) is 8.22. The molecular formula is C58H66N4O10. The van der Waals surface area contributed by atoms with E-state index in [-0.39, 0.29) is 63.7 Å². The molecule has 0 amide bonds. The number of hydrogen-bond acceptors (Lipinski definition) is 14. The average molecular weight is 979 g/mol. The highest BCUT2D eigenvalue weighted by molar-refractivity contribution is 5.93. The molecule has 72 heavy (non-hydrogen) atoms. The molecule has 2 aromatic carbocycles. The van der Waals surface area contributed by atoms with Gasteiger partial charge in [0, 0.05) is 65.4 Å². The van der Waals surface area contributed by atoms with E-state index in [1.165, 1.54) is 17.2 Å². The Balaban J connectivity index is 1.22. The zero-order valence-electron chi connectivity index (χ0n) is 41.4. The van der Waals surface area contributed by atoms with E-state index in [0.29, 0.717) is 43.5 Å². The fourth-order valence-corrected chi connectivity index (χ4v) is 15.6. The number of carbonyl (C=O) groups excluding carboxylic acids is 1. The van der Waals surface area contributed by atoms with Crippen LogP contribution in [-0.2, 0) is 48.2 Å². The Labute approximate surface area is 418 Å². The summed E-state index contributed by atoms with van der Waals surface area (Å²) in [4.78, 5) is 39.6. The van der Waals surface area contributed by atoms with Crippen molar-refractivity contribution in [2.45, 2.75) is 165 Å². The molecule has 4 aliphatic carbocycles. The van der Waals surface area contributed by atoms with E-state index in [1.54, 1.807) is 31.3 Å². The number of anilines is 2. The van der Waals surface area contributed by atoms with Crippen LogP contribution in [0.25, 0.3) is 11.0 Å². The number of pyridine rings is 2. The van der Waals surface area contributed by atoms with Gasteiger partial charge >= 0.3 is 5.97 Å². The normalized spacial score (nSPS) is 28.7. The van der Waals surface area contributed by atoms with Crippen LogP contribution in [0.3, 0.4) is 0 Å². The van der Waals surface area contributed by atoms with E-state index in [4.69, 9.17) is 29.6 Å². The summed E-state index contributed by atoms with van der Waals surface area (Å²) in [6.45, 7) is 4.92. The van der Waals surface area contributed by atoms with Crippen molar-refractivity contribution in [3.8, 4) is 17.2 Å². The number of phenols is 2. The number of carbonyl (C=O) groups is 1. The second kappa shape index (κ2) is 17.3. The number of hydrogen-bond donors (Lipinski definition) is 7. The molecule has 1 spiro atoms. The minimum Gasteiger partial charge on any atom is -0.508 e. The molecule has 6 heterocycles. The van der Waals surface area contributed by atoms with Gasteiger partial charge < -0.3 is 50.5 Å². The monoisotopic (exact) mass is 978 g/mol. The summed E-state index contributed by atoms with van der Waals surface area (Å²) in [5, 5.41) is 62.4. The van der Waals surface area contributed by atoms with Crippen molar-refractivity contribution >= 4 is 28.6 Å². The van der Waals surface area contributed by atoms with Gasteiger partial charge in [-0.1, -0.05) is 37.8 Å². The minimum atomic E-state index is -1.39. The van der Waals surface area contributed by atoms with Crippen LogP contribution in [0.5, 0.6) is 17.2 Å². The number of fused-ring (bicyclic) bond motifs is 12. The second-order valence-electron chi connectivity index (χ2n) is 22.6. The number of nitrogens with one attached hydrogen (secondary N) is 1. The highest BCUT2D eigenvalue weighted by Crippen LogP contribution is 2.65. The summed E-state index contributed by atoms with van der Waals surface area (Å²) in [5.41, 5.74) is 11.3. The number of aliphatic hydroxyl groups excluding tert-OH is 2. The van der Waals surface area contributed by atoms with Crippen LogP contribution in [0.15, 0.2) is 63.6 Å². The zero-order chi connectivity index (χ0) is 50.0. The summed E-state index contributed by atoms with van der Waals surface area (Å²) >= 11 is 0. The van der Waals surface area contributed by atoms with E-state index in [1.807, 2.05) is 25.3 Å². The summed E-state index contributed by atoms with van der Waals surface area (Å²) in [7, 11) is 0. The maximum absolute atomic E-state index is 15.1. The molecule has 14 heteroatoms. The molecule has 14 nitrogen and oxygen atoms in total. The van der Waals surface area contributed by atoms with Crippen LogP contribution in [0.4, 0.5) is 11.6 Å². The third-order valence-electron chi connectivity index (χ3n) is 18.9. The van der Waals surface area contributed by atoms with Gasteiger partial charge in [0.2, 0.25) is 0 Å². The minimum absolute atomic E-state index is 0.0148. The number of nitrogens with two attached hydrogens (primary N) is 1. The van der Waals surface area contributed by atoms with E-state index < -0.39 is 70.8 Å². The SMILES string of the molecule is CC=C(C(=O)OC1Cc2c3c(c4oc(CO)cc(=O)c4c2O)C2c4ccnc(N)c4C(C4CCc5c(cnc6c5CCC(C)N6)CC4C1(C)O3)C1(CCCC1)Cc1ccc(O)cc1C2CO)C1(O)CCCC1. The summed E-state index contributed by atoms with van der Waals surface area (Å²) in [6, 6.07) is 8.86. The summed E-state index contributed by atoms with van der Waals surface area (Å²) in [6.07, 6.45) is 14.6. The van der Waals surface area contributed by atoms with Crippen molar-refractivity contribution < 1.29 is 44.2 Å². The van der Waals surface area contributed by atoms with Crippen LogP contribution >= 0.6 is 0 Å². The van der Waals surface area contributed by atoms with Crippen molar-refractivity contribution in [1.29, 1.82) is 0 Å². The molecule has 0 saturated heterocycles. The topological polar surface area (TPSA) is 231 Å². The lowest BCUT2D eigenvalue weighted by atomic mass is 9.55. The smallest absolute Gasteiger partial charge is 0.337 e. The van der Waals surface area contributed by atoms with Gasteiger partial charge in [-0.2, -0.15) is 0 Å². The van der Waals surface area contributed by atoms with Gasteiger partial charge in [-0.25, -0.2) is 14.8 Å². The number of rotatable bonds is 5. The molecular weight excluding hydrogens is 913 g/mol. The Bertz CT molecular complexity index is 3130. The van der Waals surface area contributed by atoms with Crippen LogP contribution < -0.4 is 21.2 Å². The van der Waals surface area contributed by atoms with E-state index in [0.717, 1.165) is 91.4 Å². The molecule has 3 aromatic heterocycles. The van der Waals surface area contributed by atoms with Gasteiger partial charge in [-0.15, -0.1) is 0 Å². The lowest BCUT2D eigenvalue weighted by Gasteiger charge is -2.54. The number of esters is 1. The van der Waals surface area contributed by atoms with Crippen molar-refractivity contribution in [3.63, 3.8) is 0 Å². The first-order chi connectivity index (χ1) is 34.7. The van der Waals surface area contributed by atoms with Crippen molar-refractivity contribution in [2.75, 3.05) is 17.7 Å². The molecule has 3 aliphatic heterocycles. The van der Waals surface area contributed by atoms with Gasteiger partial charge in [0.25, 0.3) is 0 Å². The van der Waals surface area contributed by atoms with Crippen molar-refractivity contribution in [2.24, 2.45) is 17.3 Å². The highest BCUT2D eigenvalue weighted by atomic mass is 16.6. The van der Waals surface area contributed by atoms with Gasteiger partial charge in [-0.3, -0.25) is 4.79 Å². The zero-order valence-corrected chi connectivity index (χ0v) is 41.4. The van der Waals surface area contributed by atoms with Crippen LogP contribution in [0, 0.1) is 17.3 Å². The third-order valence-corrected chi connectivity index (χ3v) is 18.9. The third kappa shape index (κ3) is 7.05. The predicted molar refractivity (Wildman–Crippen MR) is 270 cm³/mol. The Morgan fingerprint density at radius 1 is 0.944 bits per heavy atom. The Hall–Kier alpha value is -5.96. The fourth-order valence-electron chi connectivity index (χ4n) is 15.6. The molecule has 378 valence electrons. The Kier molecular flexibility index (Phi) is 11.3. The largest absolute Gasteiger partial charge is 0.508 e. The molecule has 8 N–H and O–H groups in total. The van der Waals surface area contributed by atoms with E-state index >= 15 is 4.79 Å². The Morgan fingerprint density at radius 2 is 1.71 bits per heavy atom. The van der Waals surface area contributed by atoms with Crippen LogP contribution in [0.2, 0.25) is 0 Å². The lowest BCUT2D eigenvalue weighted by Crippen LogP contribution is -2.60. The second-order valence-corrected chi connectivity index (χ2v) is 22.6. The summed E-state index contributed by atoms with van der Waals surface area (Å²) < 4.78 is 21.4. The lowest BCUT2D eigenvalue weighted by molar-refractivity contribution is -0.171. The molecule has 8 unspecified atom stereocenters. The van der Waals surface area contributed by atoms with Crippen molar-refractivity contribution in [1.82, 2.24) is 9.97 Å². The van der Waals surface area contributed by atoms with E-state index in [9.17, 15) is 30.3 Å². The van der Waals surface area contributed by atoms with Crippen LogP contribution in [-0.4, -0.2) is 71.4 Å². The fraction of sp³-hybridized carbons (Fsp3) is 0.517. The van der Waals surface area contributed by atoms with E-state index in [2.05, 4.69) is 12.2 Å². The first kappa shape index (κ1) is 47.1. The number of aliphatic hydroxyl groups is 3. The molecule has 4 bridgehead atoms. The molecule has 2 fully saturated rings.